The predicted molar refractivity (Wildman–Crippen MR) is 101 cm³/mol. The molecule has 0 radical (unpaired) electrons. The highest BCUT2D eigenvalue weighted by Gasteiger charge is 2.11. The number of carbonyl (C=O) groups excluding carboxylic acids is 2. The molecule has 3 aromatic rings. The van der Waals surface area contributed by atoms with Crippen molar-refractivity contribution in [3.8, 4) is 5.75 Å². The molecule has 0 unspecified atom stereocenters. The van der Waals surface area contributed by atoms with Crippen LogP contribution in [0.25, 0.3) is 0 Å². The van der Waals surface area contributed by atoms with E-state index in [4.69, 9.17) is 9.26 Å². The fraction of sp³-hybridized carbons (Fsp3) is 0.150. The van der Waals surface area contributed by atoms with Crippen molar-refractivity contribution in [2.24, 2.45) is 0 Å². The van der Waals surface area contributed by atoms with E-state index in [1.165, 1.54) is 0 Å². The first-order valence-corrected chi connectivity index (χ1v) is 8.33. The second-order valence-corrected chi connectivity index (χ2v) is 6.01. The fourth-order valence-corrected chi connectivity index (χ4v) is 2.33. The molecule has 7 nitrogen and oxygen atoms in total. The third kappa shape index (κ3) is 5.18. The van der Waals surface area contributed by atoms with E-state index in [1.54, 1.807) is 49.4 Å². The monoisotopic (exact) mass is 365 g/mol. The number of nitrogens with zero attached hydrogens (tertiary/aromatic N) is 1. The first kappa shape index (κ1) is 18.2. The molecule has 3 rings (SSSR count). The Bertz CT molecular complexity index is 948. The van der Waals surface area contributed by atoms with E-state index < -0.39 is 0 Å². The van der Waals surface area contributed by atoms with Crippen LogP contribution in [0.5, 0.6) is 5.75 Å². The van der Waals surface area contributed by atoms with Crippen LogP contribution in [-0.2, 0) is 4.79 Å². The van der Waals surface area contributed by atoms with E-state index in [2.05, 4.69) is 15.8 Å². The van der Waals surface area contributed by atoms with Crippen molar-refractivity contribution in [1.82, 2.24) is 5.16 Å². The van der Waals surface area contributed by atoms with Gasteiger partial charge >= 0.3 is 0 Å². The Kier molecular flexibility index (Phi) is 5.51. The molecule has 2 N–H and O–H groups in total. The molecule has 0 aliphatic heterocycles. The summed E-state index contributed by atoms with van der Waals surface area (Å²) in [6.07, 6.45) is 0. The second-order valence-electron chi connectivity index (χ2n) is 6.01. The highest BCUT2D eigenvalue weighted by Crippen LogP contribution is 2.15. The van der Waals surface area contributed by atoms with Gasteiger partial charge in [-0.3, -0.25) is 9.59 Å². The van der Waals surface area contributed by atoms with Gasteiger partial charge in [-0.15, -0.1) is 0 Å². The van der Waals surface area contributed by atoms with E-state index in [-0.39, 0.29) is 18.4 Å². The first-order valence-electron chi connectivity index (χ1n) is 8.33. The number of aryl methyl sites for hydroxylation is 2. The minimum absolute atomic E-state index is 0.127. The van der Waals surface area contributed by atoms with Crippen LogP contribution in [0.2, 0.25) is 0 Å². The largest absolute Gasteiger partial charge is 0.484 e. The first-order chi connectivity index (χ1) is 13.0. The number of benzene rings is 2. The molecule has 0 fully saturated rings. The van der Waals surface area contributed by atoms with Gasteiger partial charge in [0.25, 0.3) is 11.8 Å². The fourth-order valence-electron chi connectivity index (χ4n) is 2.33. The summed E-state index contributed by atoms with van der Waals surface area (Å²) >= 11 is 0. The molecule has 0 aliphatic rings. The molecule has 0 atom stereocenters. The Morgan fingerprint density at radius 3 is 2.52 bits per heavy atom. The lowest BCUT2D eigenvalue weighted by Gasteiger charge is -2.09. The van der Waals surface area contributed by atoms with Crippen LogP contribution >= 0.6 is 0 Å². The van der Waals surface area contributed by atoms with Crippen LogP contribution in [0.3, 0.4) is 0 Å². The van der Waals surface area contributed by atoms with Crippen molar-refractivity contribution >= 4 is 23.3 Å². The minimum atomic E-state index is -0.352. The van der Waals surface area contributed by atoms with Gasteiger partial charge in [0.2, 0.25) is 0 Å². The Labute approximate surface area is 156 Å². The van der Waals surface area contributed by atoms with Crippen molar-refractivity contribution in [1.29, 1.82) is 0 Å². The number of carbonyl (C=O) groups is 2. The van der Waals surface area contributed by atoms with Gasteiger partial charge < -0.3 is 19.9 Å². The molecule has 27 heavy (non-hydrogen) atoms. The molecule has 0 saturated heterocycles. The minimum Gasteiger partial charge on any atom is -0.484 e. The Morgan fingerprint density at radius 2 is 1.81 bits per heavy atom. The summed E-state index contributed by atoms with van der Waals surface area (Å²) in [6, 6.07) is 15.6. The van der Waals surface area contributed by atoms with E-state index in [0.29, 0.717) is 28.6 Å². The summed E-state index contributed by atoms with van der Waals surface area (Å²) in [4.78, 5) is 24.3. The Hall–Kier alpha value is -3.61. The van der Waals surface area contributed by atoms with E-state index in [9.17, 15) is 9.59 Å². The van der Waals surface area contributed by atoms with Crippen LogP contribution in [0, 0.1) is 13.8 Å². The lowest BCUT2D eigenvalue weighted by atomic mass is 10.2. The highest BCUT2D eigenvalue weighted by atomic mass is 16.5. The van der Waals surface area contributed by atoms with E-state index in [0.717, 1.165) is 5.56 Å². The van der Waals surface area contributed by atoms with Gasteiger partial charge in [0.15, 0.2) is 12.4 Å². The lowest BCUT2D eigenvalue weighted by molar-refractivity contribution is -0.118. The molecular formula is C20H19N3O4. The smallest absolute Gasteiger partial charge is 0.262 e. The van der Waals surface area contributed by atoms with Crippen LogP contribution in [-0.4, -0.2) is 23.6 Å². The van der Waals surface area contributed by atoms with Crippen LogP contribution < -0.4 is 15.4 Å². The molecule has 138 valence electrons. The van der Waals surface area contributed by atoms with Gasteiger partial charge in [-0.1, -0.05) is 28.9 Å². The molecule has 0 bridgehead atoms. The van der Waals surface area contributed by atoms with Crippen molar-refractivity contribution in [2.75, 3.05) is 17.2 Å². The maximum absolute atomic E-state index is 12.3. The molecule has 7 heteroatoms. The number of hydrogen-bond acceptors (Lipinski definition) is 5. The van der Waals surface area contributed by atoms with Crippen LogP contribution in [0.1, 0.15) is 21.7 Å². The van der Waals surface area contributed by atoms with Crippen LogP contribution in [0.4, 0.5) is 11.5 Å². The molecule has 0 aliphatic carbocycles. The summed E-state index contributed by atoms with van der Waals surface area (Å²) in [5.41, 5.74) is 1.99. The third-order valence-corrected chi connectivity index (χ3v) is 3.67. The third-order valence-electron chi connectivity index (χ3n) is 3.67. The standard InChI is InChI=1S/C20H19N3O4/c1-13-6-8-17(9-7-13)26-12-19(24)21-16-5-3-4-15(11-16)20(25)22-18-10-14(2)27-23-18/h3-11H,12H2,1-2H3,(H,21,24)(H,22,23,25). The number of nitrogens with one attached hydrogen (secondary N) is 2. The van der Waals surface area contributed by atoms with Gasteiger partial charge in [0.1, 0.15) is 11.5 Å². The van der Waals surface area contributed by atoms with E-state index in [1.807, 2.05) is 19.1 Å². The maximum Gasteiger partial charge on any atom is 0.262 e. The zero-order valence-corrected chi connectivity index (χ0v) is 15.0. The summed E-state index contributed by atoms with van der Waals surface area (Å²) in [5, 5.41) is 9.06. The number of hydrogen-bond donors (Lipinski definition) is 2. The second kappa shape index (κ2) is 8.18. The quantitative estimate of drug-likeness (QED) is 0.697. The summed E-state index contributed by atoms with van der Waals surface area (Å²) < 4.78 is 10.4. The van der Waals surface area contributed by atoms with Gasteiger partial charge in [-0.25, -0.2) is 0 Å². The van der Waals surface area contributed by atoms with Crippen molar-refractivity contribution < 1.29 is 18.8 Å². The van der Waals surface area contributed by atoms with Gasteiger partial charge in [-0.05, 0) is 44.2 Å². The van der Waals surface area contributed by atoms with E-state index >= 15 is 0 Å². The lowest BCUT2D eigenvalue weighted by Crippen LogP contribution is -2.20. The number of anilines is 2. The summed E-state index contributed by atoms with van der Waals surface area (Å²) in [7, 11) is 0. The zero-order chi connectivity index (χ0) is 19.2. The molecule has 2 amide bonds. The molecule has 2 aromatic carbocycles. The maximum atomic E-state index is 12.3. The number of rotatable bonds is 6. The van der Waals surface area contributed by atoms with Crippen LogP contribution in [0.15, 0.2) is 59.1 Å². The molecule has 1 heterocycles. The summed E-state index contributed by atoms with van der Waals surface area (Å²) in [5.74, 6) is 0.876. The number of ether oxygens (including phenoxy) is 1. The number of amides is 2. The molecule has 1 aromatic heterocycles. The average molecular weight is 365 g/mol. The molecular weight excluding hydrogens is 346 g/mol. The molecule has 0 spiro atoms. The summed E-state index contributed by atoms with van der Waals surface area (Å²) in [6.45, 7) is 3.58. The van der Waals surface area contributed by atoms with Gasteiger partial charge in [-0.2, -0.15) is 0 Å². The zero-order valence-electron chi connectivity index (χ0n) is 15.0. The van der Waals surface area contributed by atoms with Gasteiger partial charge in [0, 0.05) is 17.3 Å². The Balaban J connectivity index is 1.57. The molecule has 0 saturated carbocycles. The Morgan fingerprint density at radius 1 is 1.04 bits per heavy atom. The predicted octanol–water partition coefficient (Wildman–Crippen LogP) is 3.56. The average Bonchev–Trinajstić information content (AvgIpc) is 3.06. The van der Waals surface area contributed by atoms with Crippen molar-refractivity contribution in [3.63, 3.8) is 0 Å². The van der Waals surface area contributed by atoms with Crippen molar-refractivity contribution in [3.05, 3.63) is 71.5 Å². The van der Waals surface area contributed by atoms with Gasteiger partial charge in [0.05, 0.1) is 0 Å². The highest BCUT2D eigenvalue weighted by molar-refractivity contribution is 6.04. The number of aromatic nitrogens is 1. The SMILES string of the molecule is Cc1ccc(OCC(=O)Nc2cccc(C(=O)Nc3cc(C)on3)c2)cc1. The van der Waals surface area contributed by atoms with Crippen molar-refractivity contribution in [2.45, 2.75) is 13.8 Å². The topological polar surface area (TPSA) is 93.5 Å². The normalized spacial score (nSPS) is 10.3.